The minimum Gasteiger partial charge on any atom is -0.399 e. The third-order valence-corrected chi connectivity index (χ3v) is 5.96. The van der Waals surface area contributed by atoms with Crippen molar-refractivity contribution in [3.05, 3.63) is 83.9 Å². The number of nitrogen functional groups attached to an aromatic ring is 1. The van der Waals surface area contributed by atoms with Crippen LogP contribution in [0.2, 0.25) is 0 Å². The summed E-state index contributed by atoms with van der Waals surface area (Å²) in [6, 6.07) is 20.8. The standard InChI is InChI=1S/C21H21N3O2S/c1-15-3-11-20(12-4-15)27(25,26)21-13-9-19(10-14-21)24-23-16(2)17-5-7-18(22)8-6-17/h3-14,24H,22H2,1-2H3/b23-16-. The highest BCUT2D eigenvalue weighted by atomic mass is 32.2. The fraction of sp³-hybridized carbons (Fsp3) is 0.0952. The molecule has 0 aliphatic rings. The van der Waals surface area contributed by atoms with Gasteiger partial charge in [-0.25, -0.2) is 8.42 Å². The molecule has 5 nitrogen and oxygen atoms in total. The SMILES string of the molecule is C/C(=N/Nc1ccc(S(=O)(=O)c2ccc(C)cc2)cc1)c1ccc(N)cc1. The van der Waals surface area contributed by atoms with Gasteiger partial charge < -0.3 is 5.73 Å². The van der Waals surface area contributed by atoms with Crippen LogP contribution in [0.25, 0.3) is 0 Å². The van der Waals surface area contributed by atoms with Gasteiger partial charge in [0, 0.05) is 5.69 Å². The largest absolute Gasteiger partial charge is 0.399 e. The van der Waals surface area contributed by atoms with Crippen LogP contribution in [0.1, 0.15) is 18.1 Å². The number of hydrogen-bond acceptors (Lipinski definition) is 5. The van der Waals surface area contributed by atoms with Crippen molar-refractivity contribution in [3.8, 4) is 0 Å². The number of aryl methyl sites for hydroxylation is 1. The van der Waals surface area contributed by atoms with Gasteiger partial charge in [0.1, 0.15) is 0 Å². The Balaban J connectivity index is 1.76. The van der Waals surface area contributed by atoms with Crippen LogP contribution in [-0.2, 0) is 9.84 Å². The molecule has 0 amide bonds. The van der Waals surface area contributed by atoms with E-state index in [-0.39, 0.29) is 9.79 Å². The lowest BCUT2D eigenvalue weighted by Crippen LogP contribution is -2.03. The van der Waals surface area contributed by atoms with E-state index in [0.29, 0.717) is 11.4 Å². The molecule has 0 aromatic heterocycles. The van der Waals surface area contributed by atoms with Crippen LogP contribution in [0.5, 0.6) is 0 Å². The van der Waals surface area contributed by atoms with Crippen molar-refractivity contribution in [2.24, 2.45) is 5.10 Å². The number of benzene rings is 3. The first kappa shape index (κ1) is 18.7. The molecule has 3 aromatic rings. The van der Waals surface area contributed by atoms with Gasteiger partial charge in [0.25, 0.3) is 0 Å². The number of rotatable bonds is 5. The molecule has 6 heteroatoms. The van der Waals surface area contributed by atoms with Crippen molar-refractivity contribution in [2.75, 3.05) is 11.2 Å². The fourth-order valence-electron chi connectivity index (χ4n) is 2.50. The zero-order chi connectivity index (χ0) is 19.4. The molecule has 0 aliphatic carbocycles. The summed E-state index contributed by atoms with van der Waals surface area (Å²) in [7, 11) is -3.53. The van der Waals surface area contributed by atoms with Gasteiger partial charge in [0.2, 0.25) is 9.84 Å². The first-order valence-corrected chi connectivity index (χ1v) is 9.92. The van der Waals surface area contributed by atoms with Crippen molar-refractivity contribution >= 4 is 26.9 Å². The molecule has 0 unspecified atom stereocenters. The number of hydrogen-bond donors (Lipinski definition) is 2. The Hall–Kier alpha value is -3.12. The maximum atomic E-state index is 12.7. The predicted molar refractivity (Wildman–Crippen MR) is 110 cm³/mol. The van der Waals surface area contributed by atoms with Crippen LogP contribution in [0.15, 0.2) is 87.7 Å². The van der Waals surface area contributed by atoms with Gasteiger partial charge in [0.15, 0.2) is 0 Å². The summed E-state index contributed by atoms with van der Waals surface area (Å²) in [4.78, 5) is 0.530. The van der Waals surface area contributed by atoms with E-state index in [1.54, 1.807) is 48.5 Å². The van der Waals surface area contributed by atoms with E-state index < -0.39 is 9.84 Å². The lowest BCUT2D eigenvalue weighted by molar-refractivity contribution is 0.596. The molecule has 3 aromatic carbocycles. The Labute approximate surface area is 159 Å². The van der Waals surface area contributed by atoms with Crippen LogP contribution < -0.4 is 11.2 Å². The van der Waals surface area contributed by atoms with Gasteiger partial charge in [-0.15, -0.1) is 0 Å². The Morgan fingerprint density at radius 1 is 0.852 bits per heavy atom. The Bertz CT molecular complexity index is 1050. The average molecular weight is 379 g/mol. The summed E-state index contributed by atoms with van der Waals surface area (Å²) >= 11 is 0. The molecule has 0 bridgehead atoms. The zero-order valence-corrected chi connectivity index (χ0v) is 16.0. The van der Waals surface area contributed by atoms with Crippen LogP contribution in [0.4, 0.5) is 11.4 Å². The minimum atomic E-state index is -3.53. The second kappa shape index (κ2) is 7.63. The highest BCUT2D eigenvalue weighted by Crippen LogP contribution is 2.22. The van der Waals surface area contributed by atoms with Crippen molar-refractivity contribution in [3.63, 3.8) is 0 Å². The number of nitrogens with two attached hydrogens (primary N) is 1. The molecule has 138 valence electrons. The summed E-state index contributed by atoms with van der Waals surface area (Å²) in [6.45, 7) is 3.80. The maximum Gasteiger partial charge on any atom is 0.206 e. The number of hydrazone groups is 1. The number of nitrogens with zero attached hydrogens (tertiary/aromatic N) is 1. The van der Waals surface area contributed by atoms with E-state index in [1.807, 2.05) is 38.1 Å². The van der Waals surface area contributed by atoms with Gasteiger partial charge in [-0.1, -0.05) is 29.8 Å². The van der Waals surface area contributed by atoms with Gasteiger partial charge in [0.05, 0.1) is 21.2 Å². The molecule has 0 fully saturated rings. The highest BCUT2D eigenvalue weighted by Gasteiger charge is 2.17. The number of sulfone groups is 1. The maximum absolute atomic E-state index is 12.7. The number of anilines is 2. The average Bonchev–Trinajstić information content (AvgIpc) is 2.67. The molecular formula is C21H21N3O2S. The molecule has 0 radical (unpaired) electrons. The van der Waals surface area contributed by atoms with Crippen LogP contribution in [0.3, 0.4) is 0 Å². The van der Waals surface area contributed by atoms with Crippen LogP contribution in [0, 0.1) is 6.92 Å². The number of nitrogens with one attached hydrogen (secondary N) is 1. The smallest absolute Gasteiger partial charge is 0.206 e. The Kier molecular flexibility index (Phi) is 5.28. The zero-order valence-electron chi connectivity index (χ0n) is 15.2. The van der Waals surface area contributed by atoms with Crippen molar-refractivity contribution in [1.82, 2.24) is 0 Å². The summed E-state index contributed by atoms with van der Waals surface area (Å²) in [6.07, 6.45) is 0. The molecule has 3 N–H and O–H groups in total. The predicted octanol–water partition coefficient (Wildman–Crippen LogP) is 4.25. The van der Waals surface area contributed by atoms with Crippen LogP contribution in [-0.4, -0.2) is 14.1 Å². The van der Waals surface area contributed by atoms with Crippen LogP contribution >= 0.6 is 0 Å². The van der Waals surface area contributed by atoms with Gasteiger partial charge in [-0.3, -0.25) is 5.43 Å². The van der Waals surface area contributed by atoms with E-state index in [9.17, 15) is 8.42 Å². The van der Waals surface area contributed by atoms with Crippen molar-refractivity contribution in [1.29, 1.82) is 0 Å². The quantitative estimate of drug-likeness (QED) is 0.394. The topological polar surface area (TPSA) is 84.5 Å². The molecule has 0 saturated carbocycles. The van der Waals surface area contributed by atoms with E-state index >= 15 is 0 Å². The molecule has 0 spiro atoms. The molecule has 0 heterocycles. The molecule has 0 saturated heterocycles. The lowest BCUT2D eigenvalue weighted by atomic mass is 10.1. The van der Waals surface area contributed by atoms with Gasteiger partial charge >= 0.3 is 0 Å². The monoisotopic (exact) mass is 379 g/mol. The van der Waals surface area contributed by atoms with E-state index in [0.717, 1.165) is 16.8 Å². The lowest BCUT2D eigenvalue weighted by Gasteiger charge is -2.07. The summed E-state index contributed by atoms with van der Waals surface area (Å²) in [5.74, 6) is 0. The van der Waals surface area contributed by atoms with Gasteiger partial charge in [-0.2, -0.15) is 5.10 Å². The van der Waals surface area contributed by atoms with E-state index in [1.165, 1.54) is 0 Å². The molecular weight excluding hydrogens is 358 g/mol. The first-order valence-electron chi connectivity index (χ1n) is 8.44. The third kappa shape index (κ3) is 4.35. The molecule has 0 atom stereocenters. The van der Waals surface area contributed by atoms with E-state index in [4.69, 9.17) is 5.73 Å². The Morgan fingerprint density at radius 2 is 1.37 bits per heavy atom. The summed E-state index contributed by atoms with van der Waals surface area (Å²) in [5, 5.41) is 4.33. The Morgan fingerprint density at radius 3 is 1.93 bits per heavy atom. The minimum absolute atomic E-state index is 0.246. The second-order valence-electron chi connectivity index (χ2n) is 6.27. The highest BCUT2D eigenvalue weighted by molar-refractivity contribution is 7.91. The fourth-order valence-corrected chi connectivity index (χ4v) is 3.76. The summed E-state index contributed by atoms with van der Waals surface area (Å²) < 4.78 is 25.4. The van der Waals surface area contributed by atoms with Crippen molar-refractivity contribution in [2.45, 2.75) is 23.6 Å². The first-order chi connectivity index (χ1) is 12.9. The van der Waals surface area contributed by atoms with Gasteiger partial charge in [-0.05, 0) is 67.9 Å². The molecule has 27 heavy (non-hydrogen) atoms. The third-order valence-electron chi connectivity index (χ3n) is 4.18. The normalized spacial score (nSPS) is 12.0. The van der Waals surface area contributed by atoms with Crippen molar-refractivity contribution < 1.29 is 8.42 Å². The van der Waals surface area contributed by atoms with E-state index in [2.05, 4.69) is 10.5 Å². The molecule has 0 aliphatic heterocycles. The summed E-state index contributed by atoms with van der Waals surface area (Å²) in [5.41, 5.74) is 12.8. The molecule has 3 rings (SSSR count). The second-order valence-corrected chi connectivity index (χ2v) is 8.22.